The summed E-state index contributed by atoms with van der Waals surface area (Å²) in [7, 11) is 0. The molecule has 0 fully saturated rings. The van der Waals surface area contributed by atoms with E-state index in [-0.39, 0.29) is 32.5 Å². The van der Waals surface area contributed by atoms with Crippen molar-refractivity contribution in [3.63, 3.8) is 0 Å². The Morgan fingerprint density at radius 3 is 0.478 bits per heavy atom. The van der Waals surface area contributed by atoms with Gasteiger partial charge in [-0.1, -0.05) is 319 Å². The molecular weight excluding hydrogens is 1080 g/mol. The van der Waals surface area contributed by atoms with Gasteiger partial charge in [-0.3, -0.25) is 0 Å². The molecule has 454 valence electrons. The molecule has 11 rings (SSSR count). The Bertz CT molecular complexity index is 4010. The topological polar surface area (TPSA) is 0 Å². The van der Waals surface area contributed by atoms with E-state index < -0.39 is 0 Å². The fourth-order valence-electron chi connectivity index (χ4n) is 13.9. The van der Waals surface area contributed by atoms with Gasteiger partial charge in [-0.05, 0) is 226 Å². The van der Waals surface area contributed by atoms with Gasteiger partial charge in [0, 0.05) is 0 Å². The van der Waals surface area contributed by atoms with Crippen molar-refractivity contribution >= 4 is 0 Å². The molecule has 0 saturated heterocycles. The average Bonchev–Trinajstić information content (AvgIpc) is 0.754. The molecule has 11 aromatic carbocycles. The Labute approximate surface area is 541 Å². The third-order valence-corrected chi connectivity index (χ3v) is 18.3. The van der Waals surface area contributed by atoms with E-state index in [4.69, 9.17) is 0 Å². The lowest BCUT2D eigenvalue weighted by Crippen LogP contribution is -2.13. The first-order valence-corrected chi connectivity index (χ1v) is 32.7. The van der Waals surface area contributed by atoms with Crippen LogP contribution in [0.1, 0.15) is 158 Å². The Kier molecular flexibility index (Phi) is 16.8. The molecule has 0 N–H and O–H groups in total. The molecular formula is C90H94. The highest BCUT2D eigenvalue weighted by molar-refractivity contribution is 6.03. The lowest BCUT2D eigenvalue weighted by atomic mass is 9.76. The third-order valence-electron chi connectivity index (χ3n) is 18.3. The van der Waals surface area contributed by atoms with Crippen molar-refractivity contribution in [2.45, 2.75) is 157 Å². The molecule has 11 aromatic rings. The molecule has 0 nitrogen and oxygen atoms in total. The first kappa shape index (κ1) is 63.0. The van der Waals surface area contributed by atoms with Crippen LogP contribution in [0.4, 0.5) is 0 Å². The molecule has 90 heavy (non-hydrogen) atoms. The van der Waals surface area contributed by atoms with Crippen molar-refractivity contribution < 1.29 is 0 Å². The van der Waals surface area contributed by atoms with E-state index in [0.717, 1.165) is 11.1 Å². The second-order valence-corrected chi connectivity index (χ2v) is 31.4. The number of hydrogen-bond donors (Lipinski definition) is 0. The molecule has 0 aliphatic heterocycles. The van der Waals surface area contributed by atoms with E-state index in [0.29, 0.717) is 0 Å². The maximum absolute atomic E-state index is 2.60. The number of hydrogen-bond acceptors (Lipinski definition) is 0. The fraction of sp³-hybridized carbons (Fsp3) is 0.267. The highest BCUT2D eigenvalue weighted by Crippen LogP contribution is 2.52. The van der Waals surface area contributed by atoms with Gasteiger partial charge in [0.15, 0.2) is 0 Å². The second kappa shape index (κ2) is 24.0. The molecule has 0 radical (unpaired) electrons. The maximum atomic E-state index is 2.60. The standard InChI is InChI=1S/C90H94/c1-85(2,3)79-45-29-23-35-65(79)59-51-60(66-36-24-30-46-80(66)86(4,5)6)54-63(53-59)75-57-78(72-42-22-20-40-70(72)74-44-28-34-50-84(74)90(16,17)18)76(58-77(75)71-41-21-19-39-69(71)73-43-27-33-49-83(73)89(13,14)15)64-55-61(67-37-25-31-47-81(67)87(7,8)9)52-62(56-64)68-38-26-32-48-82(68)88(10,11)12/h19-58H,1-18H3. The normalized spacial score (nSPS) is 12.6. The van der Waals surface area contributed by atoms with E-state index in [1.807, 2.05) is 0 Å². The first-order valence-electron chi connectivity index (χ1n) is 32.7. The Balaban J connectivity index is 1.37. The van der Waals surface area contributed by atoms with Crippen LogP contribution in [0, 0.1) is 0 Å². The minimum atomic E-state index is -0.123. The maximum Gasteiger partial charge on any atom is -0.00926 e. The van der Waals surface area contributed by atoms with Crippen LogP contribution in [0.15, 0.2) is 243 Å². The monoisotopic (exact) mass is 1170 g/mol. The van der Waals surface area contributed by atoms with Crippen LogP contribution < -0.4 is 0 Å². The van der Waals surface area contributed by atoms with Crippen molar-refractivity contribution in [1.29, 1.82) is 0 Å². The van der Waals surface area contributed by atoms with Gasteiger partial charge >= 0.3 is 0 Å². The zero-order valence-corrected chi connectivity index (χ0v) is 57.1. The van der Waals surface area contributed by atoms with Gasteiger partial charge in [-0.25, -0.2) is 0 Å². The van der Waals surface area contributed by atoms with Gasteiger partial charge in [0.25, 0.3) is 0 Å². The molecule has 0 aliphatic rings. The predicted molar refractivity (Wildman–Crippen MR) is 393 cm³/mol. The zero-order valence-electron chi connectivity index (χ0n) is 57.1. The van der Waals surface area contributed by atoms with Gasteiger partial charge in [-0.2, -0.15) is 0 Å². The summed E-state index contributed by atoms with van der Waals surface area (Å²) in [6.07, 6.45) is 0. The van der Waals surface area contributed by atoms with E-state index in [9.17, 15) is 0 Å². The van der Waals surface area contributed by atoms with Crippen molar-refractivity contribution in [2.24, 2.45) is 0 Å². The van der Waals surface area contributed by atoms with Crippen LogP contribution in [0.2, 0.25) is 0 Å². The molecule has 0 aromatic heterocycles. The molecule has 0 unspecified atom stereocenters. The molecule has 0 heterocycles. The highest BCUT2D eigenvalue weighted by atomic mass is 14.3. The summed E-state index contributed by atoms with van der Waals surface area (Å²) in [6, 6.07) is 93.3. The fourth-order valence-corrected chi connectivity index (χ4v) is 13.9. The second-order valence-electron chi connectivity index (χ2n) is 31.4. The Morgan fingerprint density at radius 1 is 0.133 bits per heavy atom. The average molecular weight is 1180 g/mol. The quantitative estimate of drug-likeness (QED) is 0.128. The summed E-state index contributed by atoms with van der Waals surface area (Å²) in [6.45, 7) is 42.3. The summed E-state index contributed by atoms with van der Waals surface area (Å²) in [5.41, 5.74) is 31.3. The van der Waals surface area contributed by atoms with Crippen LogP contribution in [0.3, 0.4) is 0 Å². The van der Waals surface area contributed by atoms with Crippen LogP contribution in [-0.2, 0) is 32.5 Å². The lowest BCUT2D eigenvalue weighted by molar-refractivity contribution is 0.591. The van der Waals surface area contributed by atoms with Crippen molar-refractivity contribution in [3.8, 4) is 111 Å². The van der Waals surface area contributed by atoms with Crippen molar-refractivity contribution in [1.82, 2.24) is 0 Å². The Morgan fingerprint density at radius 2 is 0.278 bits per heavy atom. The number of benzene rings is 11. The van der Waals surface area contributed by atoms with E-state index >= 15 is 0 Å². The molecule has 0 heteroatoms. The van der Waals surface area contributed by atoms with Crippen LogP contribution in [0.5, 0.6) is 0 Å². The SMILES string of the molecule is CC(C)(C)c1ccccc1-c1cc(-c2cc(-c3ccccc3-c3ccccc3C(C)(C)C)c(-c3cc(-c4ccccc4C(C)(C)C)cc(-c4ccccc4C(C)(C)C)c3)cc2-c2ccccc2-c2ccccc2C(C)(C)C)cc(-c2ccccc2C(C)(C)C)c1. The van der Waals surface area contributed by atoms with Gasteiger partial charge in [-0.15, -0.1) is 0 Å². The van der Waals surface area contributed by atoms with Crippen LogP contribution in [0.25, 0.3) is 111 Å². The molecule has 0 bridgehead atoms. The largest absolute Gasteiger partial charge is 0.0619 e. The molecule has 0 spiro atoms. The summed E-state index contributed by atoms with van der Waals surface area (Å²) < 4.78 is 0. The summed E-state index contributed by atoms with van der Waals surface area (Å²) in [4.78, 5) is 0. The summed E-state index contributed by atoms with van der Waals surface area (Å²) in [5, 5.41) is 0. The zero-order chi connectivity index (χ0) is 64.3. The van der Waals surface area contributed by atoms with Gasteiger partial charge in [0.2, 0.25) is 0 Å². The minimum Gasteiger partial charge on any atom is -0.0619 e. The molecule has 0 amide bonds. The van der Waals surface area contributed by atoms with E-state index in [2.05, 4.69) is 367 Å². The van der Waals surface area contributed by atoms with Crippen LogP contribution >= 0.6 is 0 Å². The molecule has 0 aliphatic carbocycles. The third kappa shape index (κ3) is 12.8. The van der Waals surface area contributed by atoms with E-state index in [1.54, 1.807) is 0 Å². The number of rotatable bonds is 10. The highest BCUT2D eigenvalue weighted by Gasteiger charge is 2.30. The van der Waals surface area contributed by atoms with Crippen LogP contribution in [-0.4, -0.2) is 0 Å². The van der Waals surface area contributed by atoms with Crippen molar-refractivity contribution in [3.05, 3.63) is 276 Å². The molecule has 0 saturated carbocycles. The van der Waals surface area contributed by atoms with Gasteiger partial charge in [0.05, 0.1) is 0 Å². The lowest BCUT2D eigenvalue weighted by Gasteiger charge is -2.28. The smallest absolute Gasteiger partial charge is 0.00926 e. The summed E-state index contributed by atoms with van der Waals surface area (Å²) >= 11 is 0. The molecule has 0 atom stereocenters. The summed E-state index contributed by atoms with van der Waals surface area (Å²) in [5.74, 6) is 0. The predicted octanol–water partition coefficient (Wildman–Crippen LogP) is 26.1. The van der Waals surface area contributed by atoms with Gasteiger partial charge < -0.3 is 0 Å². The minimum absolute atomic E-state index is 0.114. The Hall–Kier alpha value is -8.58. The first-order chi connectivity index (χ1) is 42.5. The van der Waals surface area contributed by atoms with E-state index in [1.165, 1.54) is 134 Å². The van der Waals surface area contributed by atoms with Crippen molar-refractivity contribution in [2.75, 3.05) is 0 Å². The van der Waals surface area contributed by atoms with Gasteiger partial charge in [0.1, 0.15) is 0 Å².